The van der Waals surface area contributed by atoms with Crippen molar-refractivity contribution in [2.45, 2.75) is 401 Å². The van der Waals surface area contributed by atoms with Gasteiger partial charge in [0, 0.05) is 25.7 Å². The van der Waals surface area contributed by atoms with E-state index in [0.29, 0.717) is 25.7 Å². The van der Waals surface area contributed by atoms with E-state index in [1.54, 1.807) is 0 Å². The zero-order valence-electron chi connectivity index (χ0n) is 61.4. The average molecular weight is 1380 g/mol. The van der Waals surface area contributed by atoms with Gasteiger partial charge in [-0.3, -0.25) is 37.3 Å². The number of unbranched alkanes of at least 4 members (excludes halogenated alkanes) is 40. The summed E-state index contributed by atoms with van der Waals surface area (Å²) in [6.07, 6.45) is 51.2. The van der Waals surface area contributed by atoms with Crippen LogP contribution in [0.15, 0.2) is 0 Å². The summed E-state index contributed by atoms with van der Waals surface area (Å²) in [5.41, 5.74) is 0. The first-order valence-electron chi connectivity index (χ1n) is 38.9. The number of carbonyl (C=O) groups is 4. The first-order chi connectivity index (χ1) is 45.3. The lowest BCUT2D eigenvalue weighted by Crippen LogP contribution is -2.30. The Bertz CT molecular complexity index is 1840. The maximum atomic E-state index is 13.1. The Morgan fingerprint density at radius 3 is 0.809 bits per heavy atom. The van der Waals surface area contributed by atoms with Crippen LogP contribution in [-0.2, 0) is 65.4 Å². The van der Waals surface area contributed by atoms with Gasteiger partial charge in [0.05, 0.1) is 26.4 Å². The lowest BCUT2D eigenvalue weighted by Gasteiger charge is -2.21. The number of phosphoric acid groups is 2. The minimum atomic E-state index is -4.96. The van der Waals surface area contributed by atoms with Crippen molar-refractivity contribution < 1.29 is 80.2 Å². The van der Waals surface area contributed by atoms with Gasteiger partial charge in [0.25, 0.3) is 0 Å². The Balaban J connectivity index is 5.23. The molecule has 0 aromatic heterocycles. The first-order valence-corrected chi connectivity index (χ1v) is 41.9. The molecule has 0 aromatic rings. The number of hydrogen-bond acceptors (Lipinski definition) is 15. The fraction of sp³-hybridized carbons (Fsp3) is 0.947. The van der Waals surface area contributed by atoms with Crippen LogP contribution in [0, 0.1) is 17.8 Å². The van der Waals surface area contributed by atoms with Crippen LogP contribution in [0.4, 0.5) is 0 Å². The van der Waals surface area contributed by atoms with Gasteiger partial charge in [0.2, 0.25) is 0 Å². The molecule has 0 aliphatic rings. The molecular formula is C75H146O17P2. The summed E-state index contributed by atoms with van der Waals surface area (Å²) in [4.78, 5) is 72.7. The minimum absolute atomic E-state index is 0.106. The molecular weight excluding hydrogens is 1230 g/mol. The van der Waals surface area contributed by atoms with E-state index < -0.39 is 97.5 Å². The van der Waals surface area contributed by atoms with Crippen LogP contribution in [0.5, 0.6) is 0 Å². The highest BCUT2D eigenvalue weighted by Gasteiger charge is 2.30. The summed E-state index contributed by atoms with van der Waals surface area (Å²) in [6.45, 7) is 11.9. The van der Waals surface area contributed by atoms with Gasteiger partial charge in [0.15, 0.2) is 12.2 Å². The fourth-order valence-corrected chi connectivity index (χ4v) is 13.0. The van der Waals surface area contributed by atoms with Crippen LogP contribution in [-0.4, -0.2) is 96.7 Å². The third-order valence-electron chi connectivity index (χ3n) is 17.7. The largest absolute Gasteiger partial charge is 0.472 e. The van der Waals surface area contributed by atoms with Crippen LogP contribution in [0.1, 0.15) is 382 Å². The summed E-state index contributed by atoms with van der Waals surface area (Å²) >= 11 is 0. The second kappa shape index (κ2) is 65.7. The zero-order valence-corrected chi connectivity index (χ0v) is 63.2. The topological polar surface area (TPSA) is 237 Å². The molecule has 558 valence electrons. The normalized spacial score (nSPS) is 14.4. The van der Waals surface area contributed by atoms with Crippen molar-refractivity contribution in [3.8, 4) is 0 Å². The number of aliphatic hydroxyl groups excluding tert-OH is 1. The second-order valence-corrected chi connectivity index (χ2v) is 31.1. The lowest BCUT2D eigenvalue weighted by molar-refractivity contribution is -0.161. The monoisotopic (exact) mass is 1380 g/mol. The van der Waals surface area contributed by atoms with Crippen molar-refractivity contribution in [3.63, 3.8) is 0 Å². The van der Waals surface area contributed by atoms with E-state index in [2.05, 4.69) is 48.5 Å². The highest BCUT2D eigenvalue weighted by atomic mass is 31.2. The first kappa shape index (κ1) is 92.1. The highest BCUT2D eigenvalue weighted by Crippen LogP contribution is 2.45. The lowest BCUT2D eigenvalue weighted by atomic mass is 9.99. The van der Waals surface area contributed by atoms with Crippen LogP contribution in [0.2, 0.25) is 0 Å². The molecule has 0 aromatic carbocycles. The number of hydrogen-bond donors (Lipinski definition) is 3. The Hall–Kier alpha value is -1.94. The van der Waals surface area contributed by atoms with Gasteiger partial charge in [-0.25, -0.2) is 9.13 Å². The molecule has 0 aliphatic carbocycles. The maximum Gasteiger partial charge on any atom is 0.472 e. The van der Waals surface area contributed by atoms with Gasteiger partial charge in [-0.2, -0.15) is 0 Å². The van der Waals surface area contributed by atoms with Crippen LogP contribution in [0.3, 0.4) is 0 Å². The molecule has 0 aliphatic heterocycles. The molecule has 0 bridgehead atoms. The molecule has 17 nitrogen and oxygen atoms in total. The molecule has 0 spiro atoms. The van der Waals surface area contributed by atoms with Crippen molar-refractivity contribution in [3.05, 3.63) is 0 Å². The smallest absolute Gasteiger partial charge is 0.462 e. The summed E-state index contributed by atoms with van der Waals surface area (Å²) in [5.74, 6) is 0.259. The number of carbonyl (C=O) groups excluding carboxylic acids is 4. The van der Waals surface area contributed by atoms with Gasteiger partial charge in [-0.15, -0.1) is 0 Å². The molecule has 0 radical (unpaired) electrons. The van der Waals surface area contributed by atoms with Gasteiger partial charge in [-0.05, 0) is 43.4 Å². The quantitative estimate of drug-likeness (QED) is 0.0222. The van der Waals surface area contributed by atoms with Crippen LogP contribution < -0.4 is 0 Å². The summed E-state index contributed by atoms with van der Waals surface area (Å²) in [6, 6.07) is 0. The fourth-order valence-electron chi connectivity index (χ4n) is 11.4. The molecule has 0 rings (SSSR count). The average Bonchev–Trinajstić information content (AvgIpc) is 1.52. The molecule has 19 heteroatoms. The molecule has 94 heavy (non-hydrogen) atoms. The van der Waals surface area contributed by atoms with Crippen LogP contribution in [0.25, 0.3) is 0 Å². The summed E-state index contributed by atoms with van der Waals surface area (Å²) in [5, 5.41) is 10.6. The standard InChI is InChI=1S/C75H146O17P2/c1-8-10-11-12-13-35-42-49-56-72(77)85-62-70(91-75(80)59-52-45-38-31-25-24-28-34-41-48-55-68(7)9-2)64-89-93(81,82)87-60-69(76)61-88-94(83,84)90-65-71(63-86-73(78)57-50-43-36-29-22-19-18-21-27-33-40-47-54-67(5)6)92-74(79)58-51-44-37-30-23-17-15-14-16-20-26-32-39-46-53-66(3)4/h66-71,76H,8-65H2,1-7H3,(H,81,82)(H,83,84)/t68?,69-,70+,71+/m0/s1. The van der Waals surface area contributed by atoms with Crippen molar-refractivity contribution in [1.29, 1.82) is 0 Å². The van der Waals surface area contributed by atoms with Crippen molar-refractivity contribution in [2.75, 3.05) is 39.6 Å². The molecule has 6 atom stereocenters. The number of ether oxygens (including phenoxy) is 4. The molecule has 0 saturated carbocycles. The van der Waals surface area contributed by atoms with Gasteiger partial charge in [-0.1, -0.05) is 331 Å². The van der Waals surface area contributed by atoms with Crippen molar-refractivity contribution in [1.82, 2.24) is 0 Å². The molecule has 3 N–H and O–H groups in total. The number of aliphatic hydroxyl groups is 1. The Kier molecular flexibility index (Phi) is 64.3. The SMILES string of the molecule is CCCCCCCCCCC(=O)OC[C@H](COP(=O)(O)OC[C@H](O)COP(=O)(O)OC[C@@H](COC(=O)CCCCCCCCCCCCCCC(C)C)OC(=O)CCCCCCCCCCCCCCCCC(C)C)OC(=O)CCCCCCCCCCCCC(C)CC. The molecule has 0 amide bonds. The minimum Gasteiger partial charge on any atom is -0.462 e. The maximum absolute atomic E-state index is 13.1. The molecule has 0 fully saturated rings. The van der Waals surface area contributed by atoms with E-state index in [4.69, 9.17) is 37.0 Å². The van der Waals surface area contributed by atoms with E-state index in [9.17, 15) is 43.2 Å². The Labute approximate surface area is 575 Å². The third-order valence-corrected chi connectivity index (χ3v) is 19.6. The summed E-state index contributed by atoms with van der Waals surface area (Å²) in [7, 11) is -9.91. The number of esters is 4. The predicted octanol–water partition coefficient (Wildman–Crippen LogP) is 21.8. The molecule has 0 saturated heterocycles. The Morgan fingerprint density at radius 1 is 0.309 bits per heavy atom. The number of rotatable bonds is 73. The third kappa shape index (κ3) is 67.3. The van der Waals surface area contributed by atoms with Gasteiger partial charge < -0.3 is 33.8 Å². The predicted molar refractivity (Wildman–Crippen MR) is 381 cm³/mol. The van der Waals surface area contributed by atoms with Crippen molar-refractivity contribution in [2.24, 2.45) is 17.8 Å². The van der Waals surface area contributed by atoms with E-state index in [-0.39, 0.29) is 25.7 Å². The van der Waals surface area contributed by atoms with Gasteiger partial charge >= 0.3 is 39.5 Å². The van der Waals surface area contributed by atoms with Crippen molar-refractivity contribution >= 4 is 39.5 Å². The van der Waals surface area contributed by atoms with E-state index in [1.807, 2.05) is 0 Å². The van der Waals surface area contributed by atoms with Crippen LogP contribution >= 0.6 is 15.6 Å². The second-order valence-electron chi connectivity index (χ2n) is 28.2. The van der Waals surface area contributed by atoms with Gasteiger partial charge in [0.1, 0.15) is 19.3 Å². The van der Waals surface area contributed by atoms with E-state index in [0.717, 1.165) is 114 Å². The van der Waals surface area contributed by atoms with E-state index in [1.165, 1.54) is 186 Å². The molecule has 3 unspecified atom stereocenters. The number of phosphoric ester groups is 2. The highest BCUT2D eigenvalue weighted by molar-refractivity contribution is 7.47. The summed E-state index contributed by atoms with van der Waals surface area (Å²) < 4.78 is 68.4. The van der Waals surface area contributed by atoms with E-state index >= 15 is 0 Å². The molecule has 0 heterocycles. The Morgan fingerprint density at radius 2 is 0.543 bits per heavy atom. The zero-order chi connectivity index (χ0) is 69.4.